The fourth-order valence-corrected chi connectivity index (χ4v) is 3.88. The third-order valence-electron chi connectivity index (χ3n) is 4.25. The molecule has 1 amide bonds. The van der Waals surface area contributed by atoms with Gasteiger partial charge >= 0.3 is 0 Å². The van der Waals surface area contributed by atoms with Crippen molar-refractivity contribution >= 4 is 21.6 Å². The van der Waals surface area contributed by atoms with Crippen LogP contribution in [0.2, 0.25) is 0 Å². The lowest BCUT2D eigenvalue weighted by Gasteiger charge is -2.15. The summed E-state index contributed by atoms with van der Waals surface area (Å²) in [5, 5.41) is 0. The second-order valence-corrected chi connectivity index (χ2v) is 7.79. The molecule has 0 spiro atoms. The Balaban J connectivity index is 1.67. The van der Waals surface area contributed by atoms with Gasteiger partial charge in [0.15, 0.2) is 0 Å². The van der Waals surface area contributed by atoms with Crippen LogP contribution in [0.1, 0.15) is 18.4 Å². The van der Waals surface area contributed by atoms with Gasteiger partial charge in [-0.15, -0.1) is 0 Å². The molecule has 2 aromatic rings. The van der Waals surface area contributed by atoms with Gasteiger partial charge in [-0.05, 0) is 42.7 Å². The minimum absolute atomic E-state index is 0.0257. The second-order valence-electron chi connectivity index (χ2n) is 6.11. The minimum atomic E-state index is -3.98. The van der Waals surface area contributed by atoms with Gasteiger partial charge in [-0.3, -0.25) is 9.52 Å². The summed E-state index contributed by atoms with van der Waals surface area (Å²) < 4.78 is 53.3. The normalized spacial score (nSPS) is 14.7. The van der Waals surface area contributed by atoms with Crippen molar-refractivity contribution in [2.75, 3.05) is 17.8 Å². The number of anilines is 1. The number of nitrogens with one attached hydrogen (secondary N) is 1. The molecule has 1 aliphatic rings. The predicted octanol–water partition coefficient (Wildman–Crippen LogP) is 2.93. The maximum absolute atomic E-state index is 13.6. The lowest BCUT2D eigenvalue weighted by atomic mass is 10.1. The smallest absolute Gasteiger partial charge is 0.261 e. The number of rotatable bonds is 6. The molecular weight excluding hydrogens is 362 g/mol. The van der Waals surface area contributed by atoms with E-state index in [4.69, 9.17) is 0 Å². The van der Waals surface area contributed by atoms with Crippen LogP contribution in [-0.4, -0.2) is 32.3 Å². The van der Waals surface area contributed by atoms with Crippen LogP contribution in [0.4, 0.5) is 14.5 Å². The van der Waals surface area contributed by atoms with E-state index < -0.39 is 21.7 Å². The molecule has 8 heteroatoms. The van der Waals surface area contributed by atoms with Crippen LogP contribution in [0.5, 0.6) is 0 Å². The average molecular weight is 380 g/mol. The van der Waals surface area contributed by atoms with Crippen LogP contribution in [0.3, 0.4) is 0 Å². The van der Waals surface area contributed by atoms with Crippen molar-refractivity contribution in [1.29, 1.82) is 0 Å². The number of likely N-dealkylation sites (tertiary alicyclic amines) is 1. The molecule has 1 aliphatic heterocycles. The van der Waals surface area contributed by atoms with Crippen molar-refractivity contribution in [3.8, 4) is 0 Å². The van der Waals surface area contributed by atoms with Crippen molar-refractivity contribution in [3.63, 3.8) is 0 Å². The van der Waals surface area contributed by atoms with E-state index in [1.165, 1.54) is 12.1 Å². The highest BCUT2D eigenvalue weighted by atomic mass is 32.2. The zero-order chi connectivity index (χ0) is 18.7. The number of amides is 1. The first-order chi connectivity index (χ1) is 12.3. The van der Waals surface area contributed by atoms with Crippen LogP contribution in [0.15, 0.2) is 47.4 Å². The fraction of sp³-hybridized carbons (Fsp3) is 0.278. The van der Waals surface area contributed by atoms with E-state index in [1.807, 2.05) is 0 Å². The van der Waals surface area contributed by atoms with Crippen LogP contribution >= 0.6 is 0 Å². The summed E-state index contributed by atoms with van der Waals surface area (Å²) in [6, 6.07) is 8.79. The summed E-state index contributed by atoms with van der Waals surface area (Å²) in [4.78, 5) is 13.4. The lowest BCUT2D eigenvalue weighted by molar-refractivity contribution is -0.127. The van der Waals surface area contributed by atoms with Crippen molar-refractivity contribution in [2.24, 2.45) is 0 Å². The third-order valence-corrected chi connectivity index (χ3v) is 5.63. The van der Waals surface area contributed by atoms with Crippen LogP contribution in [0, 0.1) is 11.6 Å². The average Bonchev–Trinajstić information content (AvgIpc) is 3.01. The fourth-order valence-electron chi connectivity index (χ4n) is 2.82. The maximum Gasteiger partial charge on any atom is 0.261 e. The first-order valence-corrected chi connectivity index (χ1v) is 9.68. The van der Waals surface area contributed by atoms with Gasteiger partial charge < -0.3 is 4.90 Å². The Morgan fingerprint density at radius 3 is 2.42 bits per heavy atom. The molecule has 138 valence electrons. The third kappa shape index (κ3) is 4.19. The van der Waals surface area contributed by atoms with Gasteiger partial charge in [0, 0.05) is 25.6 Å². The van der Waals surface area contributed by atoms with Gasteiger partial charge in [-0.1, -0.05) is 12.1 Å². The Morgan fingerprint density at radius 1 is 1.08 bits per heavy atom. The summed E-state index contributed by atoms with van der Waals surface area (Å²) in [6.45, 7) is 1.36. The summed E-state index contributed by atoms with van der Waals surface area (Å²) in [7, 11) is -3.98. The Hall–Kier alpha value is -2.48. The molecule has 0 radical (unpaired) electrons. The number of carbonyl (C=O) groups excluding carboxylic acids is 1. The van der Waals surface area contributed by atoms with Crippen molar-refractivity contribution in [3.05, 3.63) is 59.7 Å². The van der Waals surface area contributed by atoms with Gasteiger partial charge in [0.25, 0.3) is 10.0 Å². The molecule has 0 unspecified atom stereocenters. The first kappa shape index (κ1) is 18.3. The number of hydrogen-bond donors (Lipinski definition) is 1. The summed E-state index contributed by atoms with van der Waals surface area (Å²) in [5.41, 5.74) is 0.583. The molecule has 0 atom stereocenters. The van der Waals surface area contributed by atoms with Gasteiger partial charge in [0.2, 0.25) is 5.91 Å². The van der Waals surface area contributed by atoms with Gasteiger partial charge in [-0.2, -0.15) is 0 Å². The number of carbonyl (C=O) groups is 1. The van der Waals surface area contributed by atoms with Crippen molar-refractivity contribution in [1.82, 2.24) is 4.90 Å². The molecular formula is C18H18F2N2O3S. The van der Waals surface area contributed by atoms with Crippen LogP contribution in [-0.2, 0) is 21.2 Å². The molecule has 1 heterocycles. The van der Waals surface area contributed by atoms with Crippen molar-refractivity contribution in [2.45, 2.75) is 24.2 Å². The highest BCUT2D eigenvalue weighted by Crippen LogP contribution is 2.20. The molecule has 0 bridgehead atoms. The van der Waals surface area contributed by atoms with Crippen molar-refractivity contribution < 1.29 is 22.0 Å². The number of halogens is 2. The molecule has 1 saturated heterocycles. The molecule has 1 N–H and O–H groups in total. The second kappa shape index (κ2) is 7.41. The summed E-state index contributed by atoms with van der Waals surface area (Å²) >= 11 is 0. The zero-order valence-electron chi connectivity index (χ0n) is 13.9. The molecule has 0 aliphatic carbocycles. The van der Waals surface area contributed by atoms with Gasteiger partial charge in [0.1, 0.15) is 11.6 Å². The largest absolute Gasteiger partial charge is 0.342 e. The predicted molar refractivity (Wildman–Crippen MR) is 93.1 cm³/mol. The minimum Gasteiger partial charge on any atom is -0.342 e. The molecule has 0 saturated carbocycles. The Morgan fingerprint density at radius 2 is 1.81 bits per heavy atom. The van der Waals surface area contributed by atoms with E-state index >= 15 is 0 Å². The van der Waals surface area contributed by atoms with E-state index in [0.29, 0.717) is 25.5 Å². The first-order valence-electron chi connectivity index (χ1n) is 8.20. The van der Waals surface area contributed by atoms with E-state index in [2.05, 4.69) is 4.72 Å². The molecule has 26 heavy (non-hydrogen) atoms. The van der Waals surface area contributed by atoms with E-state index in [0.717, 1.165) is 30.7 Å². The number of nitrogens with zero attached hydrogens (tertiary/aromatic N) is 1. The van der Waals surface area contributed by atoms with E-state index in [1.54, 1.807) is 17.0 Å². The maximum atomic E-state index is 13.6. The highest BCUT2D eigenvalue weighted by molar-refractivity contribution is 7.92. The molecule has 0 aromatic heterocycles. The lowest BCUT2D eigenvalue weighted by Crippen LogP contribution is -2.26. The highest BCUT2D eigenvalue weighted by Gasteiger charge is 2.20. The summed E-state index contributed by atoms with van der Waals surface area (Å²) in [6.07, 6.45) is 2.09. The standard InChI is InChI=1S/C18H18F2N2O3S/c19-14-5-8-17(16(20)12-14)21-26(24,25)15-6-3-13(4-7-15)9-11-22-10-1-2-18(22)23/h3-8,12,21H,1-2,9-11H2. The topological polar surface area (TPSA) is 66.5 Å². The molecule has 2 aromatic carbocycles. The SMILES string of the molecule is O=C1CCCN1CCc1ccc(S(=O)(=O)Nc2ccc(F)cc2F)cc1. The Kier molecular flexibility index (Phi) is 5.22. The van der Waals surface area contributed by atoms with E-state index in [9.17, 15) is 22.0 Å². The van der Waals surface area contributed by atoms with Crippen LogP contribution in [0.25, 0.3) is 0 Å². The number of benzene rings is 2. The molecule has 5 nitrogen and oxygen atoms in total. The Labute approximate surface area is 150 Å². The number of sulfonamides is 1. The monoisotopic (exact) mass is 380 g/mol. The van der Waals surface area contributed by atoms with Gasteiger partial charge in [-0.25, -0.2) is 17.2 Å². The zero-order valence-corrected chi connectivity index (χ0v) is 14.7. The quantitative estimate of drug-likeness (QED) is 0.838. The summed E-state index contributed by atoms with van der Waals surface area (Å²) in [5.74, 6) is -1.62. The Bertz CT molecular complexity index is 915. The number of hydrogen-bond acceptors (Lipinski definition) is 3. The molecule has 3 rings (SSSR count). The van der Waals surface area contributed by atoms with E-state index in [-0.39, 0.29) is 16.5 Å². The van der Waals surface area contributed by atoms with Crippen LogP contribution < -0.4 is 4.72 Å². The van der Waals surface area contributed by atoms with Gasteiger partial charge in [0.05, 0.1) is 10.6 Å². The molecule has 1 fully saturated rings.